The highest BCUT2D eigenvalue weighted by molar-refractivity contribution is 7.17. The van der Waals surface area contributed by atoms with Crippen LogP contribution in [-0.2, 0) is 6.54 Å². The minimum Gasteiger partial charge on any atom is -0.495 e. The Morgan fingerprint density at radius 3 is 2.70 bits per heavy atom. The highest BCUT2D eigenvalue weighted by atomic mass is 32.1. The van der Waals surface area contributed by atoms with E-state index in [2.05, 4.69) is 33.5 Å². The maximum Gasteiger partial charge on any atom is 0.272 e. The fourth-order valence-corrected chi connectivity index (χ4v) is 4.03. The number of methoxy groups -OCH3 is 1. The van der Waals surface area contributed by atoms with Crippen molar-refractivity contribution in [1.29, 1.82) is 0 Å². The van der Waals surface area contributed by atoms with Crippen LogP contribution in [0.25, 0.3) is 10.2 Å². The third-order valence-corrected chi connectivity index (χ3v) is 5.40. The van der Waals surface area contributed by atoms with Gasteiger partial charge in [0.15, 0.2) is 0 Å². The Hall–Kier alpha value is -3.05. The molecule has 0 unspecified atom stereocenters. The summed E-state index contributed by atoms with van der Waals surface area (Å²) in [6.45, 7) is 2.64. The maximum atomic E-state index is 13.1. The van der Waals surface area contributed by atoms with Crippen molar-refractivity contribution in [3.8, 4) is 5.75 Å². The zero-order valence-electron chi connectivity index (χ0n) is 15.2. The van der Waals surface area contributed by atoms with Crippen LogP contribution in [0.2, 0.25) is 0 Å². The summed E-state index contributed by atoms with van der Waals surface area (Å²) in [7, 11) is 1.61. The van der Waals surface area contributed by atoms with Crippen molar-refractivity contribution in [3.05, 3.63) is 82.9 Å². The highest BCUT2D eigenvalue weighted by Gasteiger charge is 2.18. The Balaban J connectivity index is 1.71. The van der Waals surface area contributed by atoms with Crippen LogP contribution in [-0.4, -0.2) is 17.6 Å². The van der Waals surface area contributed by atoms with Crippen LogP contribution in [0.1, 0.15) is 21.6 Å². The molecule has 4 aromatic rings. The third kappa shape index (κ3) is 3.46. The summed E-state index contributed by atoms with van der Waals surface area (Å²) >= 11 is 1.64. The lowest BCUT2D eigenvalue weighted by Gasteiger charge is -2.13. The van der Waals surface area contributed by atoms with E-state index in [0.29, 0.717) is 23.7 Å². The Labute approximate surface area is 162 Å². The fraction of sp³-hybridized carbons (Fsp3) is 0.136. The molecule has 0 spiro atoms. The standard InChI is InChI=1S/C22H20N2O2S/c1-15-8-9-20(26-2)17(12-15)23-22(25)19-13-21-18(10-11-27-21)24(19)14-16-6-4-3-5-7-16/h3-13H,14H2,1-2H3,(H,23,25). The first-order chi connectivity index (χ1) is 13.2. The van der Waals surface area contributed by atoms with E-state index in [1.54, 1.807) is 18.4 Å². The van der Waals surface area contributed by atoms with E-state index < -0.39 is 0 Å². The summed E-state index contributed by atoms with van der Waals surface area (Å²) in [4.78, 5) is 13.1. The second-order valence-electron chi connectivity index (χ2n) is 6.43. The number of rotatable bonds is 5. The van der Waals surface area contributed by atoms with Crippen LogP contribution >= 0.6 is 11.3 Å². The number of aromatic nitrogens is 1. The first-order valence-electron chi connectivity index (χ1n) is 8.72. The molecule has 5 heteroatoms. The van der Waals surface area contributed by atoms with Crippen LogP contribution in [0.3, 0.4) is 0 Å². The molecule has 136 valence electrons. The van der Waals surface area contributed by atoms with Crippen LogP contribution < -0.4 is 10.1 Å². The topological polar surface area (TPSA) is 43.3 Å². The second kappa shape index (κ2) is 7.29. The first kappa shape index (κ1) is 17.4. The quantitative estimate of drug-likeness (QED) is 0.512. The minimum atomic E-state index is -0.141. The Morgan fingerprint density at radius 1 is 1.11 bits per heavy atom. The van der Waals surface area contributed by atoms with Crippen LogP contribution in [0.5, 0.6) is 5.75 Å². The van der Waals surface area contributed by atoms with Gasteiger partial charge in [-0.25, -0.2) is 0 Å². The largest absolute Gasteiger partial charge is 0.495 e. The van der Waals surface area contributed by atoms with Gasteiger partial charge in [-0.2, -0.15) is 0 Å². The number of anilines is 1. The van der Waals surface area contributed by atoms with E-state index in [1.807, 2.05) is 49.4 Å². The molecular formula is C22H20N2O2S. The van der Waals surface area contributed by atoms with E-state index in [4.69, 9.17) is 4.74 Å². The molecule has 27 heavy (non-hydrogen) atoms. The van der Waals surface area contributed by atoms with Crippen molar-refractivity contribution in [3.63, 3.8) is 0 Å². The van der Waals surface area contributed by atoms with Gasteiger partial charge >= 0.3 is 0 Å². The molecule has 0 aliphatic rings. The molecule has 4 rings (SSSR count). The van der Waals surface area contributed by atoms with Gasteiger partial charge in [0, 0.05) is 6.54 Å². The van der Waals surface area contributed by atoms with Crippen LogP contribution in [0, 0.1) is 6.92 Å². The highest BCUT2D eigenvalue weighted by Crippen LogP contribution is 2.29. The molecule has 1 N–H and O–H groups in total. The molecule has 2 heterocycles. The fourth-order valence-electron chi connectivity index (χ4n) is 3.21. The van der Waals surface area contributed by atoms with Gasteiger partial charge in [-0.3, -0.25) is 4.79 Å². The van der Waals surface area contributed by atoms with E-state index >= 15 is 0 Å². The number of fused-ring (bicyclic) bond motifs is 1. The molecule has 2 aromatic carbocycles. The molecular weight excluding hydrogens is 356 g/mol. The average Bonchev–Trinajstić information content (AvgIpc) is 3.25. The van der Waals surface area contributed by atoms with Crippen molar-refractivity contribution >= 4 is 33.1 Å². The number of nitrogens with one attached hydrogen (secondary N) is 1. The van der Waals surface area contributed by atoms with E-state index in [0.717, 1.165) is 21.3 Å². The maximum absolute atomic E-state index is 13.1. The molecule has 0 atom stereocenters. The van der Waals surface area contributed by atoms with Crippen LogP contribution in [0.4, 0.5) is 5.69 Å². The predicted octanol–water partition coefficient (Wildman–Crippen LogP) is 5.32. The SMILES string of the molecule is COc1ccc(C)cc1NC(=O)c1cc2sccc2n1Cc1ccccc1. The monoisotopic (exact) mass is 376 g/mol. The Bertz CT molecular complexity index is 1100. The molecule has 0 aliphatic carbocycles. The molecule has 0 bridgehead atoms. The van der Waals surface area contributed by atoms with E-state index in [1.165, 1.54) is 0 Å². The Kier molecular flexibility index (Phi) is 4.69. The molecule has 2 aromatic heterocycles. The van der Waals surface area contributed by atoms with E-state index in [9.17, 15) is 4.79 Å². The van der Waals surface area contributed by atoms with Crippen molar-refractivity contribution in [2.45, 2.75) is 13.5 Å². The normalized spacial score (nSPS) is 10.9. The molecule has 0 fully saturated rings. The minimum absolute atomic E-state index is 0.141. The summed E-state index contributed by atoms with van der Waals surface area (Å²) < 4.78 is 8.56. The number of nitrogens with zero attached hydrogens (tertiary/aromatic N) is 1. The van der Waals surface area contributed by atoms with Crippen molar-refractivity contribution in [1.82, 2.24) is 4.57 Å². The number of amides is 1. The lowest BCUT2D eigenvalue weighted by molar-refractivity contribution is 0.101. The molecule has 0 saturated carbocycles. The lowest BCUT2D eigenvalue weighted by atomic mass is 10.2. The molecule has 0 aliphatic heterocycles. The molecule has 1 amide bonds. The molecule has 0 radical (unpaired) electrons. The van der Waals surface area contributed by atoms with Gasteiger partial charge in [-0.05, 0) is 47.7 Å². The summed E-state index contributed by atoms with van der Waals surface area (Å²) in [6.07, 6.45) is 0. The summed E-state index contributed by atoms with van der Waals surface area (Å²) in [6, 6.07) is 19.9. The number of aryl methyl sites for hydroxylation is 1. The van der Waals surface area contributed by atoms with Gasteiger partial charge in [0.05, 0.1) is 23.0 Å². The van der Waals surface area contributed by atoms with E-state index in [-0.39, 0.29) is 5.91 Å². The first-order valence-corrected chi connectivity index (χ1v) is 9.60. The number of hydrogen-bond donors (Lipinski definition) is 1. The van der Waals surface area contributed by atoms with Gasteiger partial charge in [0.1, 0.15) is 11.4 Å². The number of carbonyl (C=O) groups excluding carboxylic acids is 1. The lowest BCUT2D eigenvalue weighted by Crippen LogP contribution is -2.18. The van der Waals surface area contributed by atoms with Gasteiger partial charge in [-0.1, -0.05) is 36.4 Å². The number of ether oxygens (including phenoxy) is 1. The molecule has 4 nitrogen and oxygen atoms in total. The van der Waals surface area contributed by atoms with Gasteiger partial charge in [0.2, 0.25) is 0 Å². The van der Waals surface area contributed by atoms with Crippen molar-refractivity contribution in [2.24, 2.45) is 0 Å². The number of thiophene rings is 1. The zero-order valence-corrected chi connectivity index (χ0v) is 16.0. The predicted molar refractivity (Wildman–Crippen MR) is 111 cm³/mol. The van der Waals surface area contributed by atoms with Gasteiger partial charge < -0.3 is 14.6 Å². The van der Waals surface area contributed by atoms with Crippen molar-refractivity contribution in [2.75, 3.05) is 12.4 Å². The van der Waals surface area contributed by atoms with Crippen LogP contribution in [0.15, 0.2) is 66.0 Å². The zero-order chi connectivity index (χ0) is 18.8. The third-order valence-electron chi connectivity index (χ3n) is 4.54. The smallest absolute Gasteiger partial charge is 0.272 e. The van der Waals surface area contributed by atoms with Gasteiger partial charge in [-0.15, -0.1) is 11.3 Å². The van der Waals surface area contributed by atoms with Gasteiger partial charge in [0.25, 0.3) is 5.91 Å². The van der Waals surface area contributed by atoms with Crippen molar-refractivity contribution < 1.29 is 9.53 Å². The molecule has 0 saturated heterocycles. The average molecular weight is 376 g/mol. The number of hydrogen-bond acceptors (Lipinski definition) is 3. The number of benzene rings is 2. The summed E-state index contributed by atoms with van der Waals surface area (Å²) in [5, 5.41) is 5.07. The number of carbonyl (C=O) groups is 1. The Morgan fingerprint density at radius 2 is 1.93 bits per heavy atom. The summed E-state index contributed by atoms with van der Waals surface area (Å²) in [5.41, 5.74) is 4.61. The summed E-state index contributed by atoms with van der Waals surface area (Å²) in [5.74, 6) is 0.509. The second-order valence-corrected chi connectivity index (χ2v) is 7.38.